The van der Waals surface area contributed by atoms with Crippen molar-refractivity contribution in [1.29, 1.82) is 0 Å². The first-order valence-electron chi connectivity index (χ1n) is 8.06. The predicted octanol–water partition coefficient (Wildman–Crippen LogP) is 3.22. The molecule has 0 spiro atoms. The molecule has 3 N–H and O–H groups in total. The van der Waals surface area contributed by atoms with Crippen LogP contribution in [-0.4, -0.2) is 30.3 Å². The molecule has 6 nitrogen and oxygen atoms in total. The monoisotopic (exact) mass is 302 g/mol. The van der Waals surface area contributed by atoms with Crippen LogP contribution < -0.4 is 10.6 Å². The van der Waals surface area contributed by atoms with Crippen LogP contribution >= 0.6 is 0 Å². The third kappa shape index (κ3) is 14.9. The van der Waals surface area contributed by atoms with E-state index in [0.717, 1.165) is 25.8 Å². The zero-order chi connectivity index (χ0) is 15.8. The number of urea groups is 1. The molecule has 0 aliphatic carbocycles. The Morgan fingerprint density at radius 2 is 1.38 bits per heavy atom. The molecule has 0 aromatic carbocycles. The lowest BCUT2D eigenvalue weighted by Gasteiger charge is -2.07. The first-order valence-corrected chi connectivity index (χ1v) is 8.06. The van der Waals surface area contributed by atoms with Crippen LogP contribution in [0.25, 0.3) is 0 Å². The molecule has 0 aliphatic rings. The van der Waals surface area contributed by atoms with Crippen LogP contribution in [0, 0.1) is 0 Å². The Labute approximate surface area is 127 Å². The lowest BCUT2D eigenvalue weighted by atomic mass is 10.1. The highest BCUT2D eigenvalue weighted by molar-refractivity contribution is 5.73. The minimum Gasteiger partial charge on any atom is -0.338 e. The summed E-state index contributed by atoms with van der Waals surface area (Å²) < 4.78 is 0. The second kappa shape index (κ2) is 15.1. The lowest BCUT2D eigenvalue weighted by Crippen LogP contribution is -2.36. The molecule has 0 aromatic heterocycles. The van der Waals surface area contributed by atoms with Crippen molar-refractivity contribution >= 4 is 12.0 Å². The van der Waals surface area contributed by atoms with E-state index < -0.39 is 5.97 Å². The van der Waals surface area contributed by atoms with E-state index in [4.69, 9.17) is 5.26 Å². The van der Waals surface area contributed by atoms with Gasteiger partial charge >= 0.3 is 12.0 Å². The molecule has 0 fully saturated rings. The molecule has 124 valence electrons. The summed E-state index contributed by atoms with van der Waals surface area (Å²) in [6, 6.07) is -0.127. The summed E-state index contributed by atoms with van der Waals surface area (Å²) in [6.07, 6.45) is 9.75. The van der Waals surface area contributed by atoms with Crippen molar-refractivity contribution in [2.24, 2.45) is 0 Å². The number of carbonyl (C=O) groups excluding carboxylic acids is 2. The molecule has 0 heterocycles. The Morgan fingerprint density at radius 3 is 1.95 bits per heavy atom. The lowest BCUT2D eigenvalue weighted by molar-refractivity contribution is -0.234. The molecule has 0 saturated heterocycles. The number of unbranched alkanes of at least 4 members (excludes halogenated alkanes) is 7. The molecule has 0 bridgehead atoms. The van der Waals surface area contributed by atoms with Gasteiger partial charge in [-0.2, -0.15) is 5.26 Å². The number of hydrogen-bond acceptors (Lipinski definition) is 4. The Morgan fingerprint density at radius 1 is 0.857 bits per heavy atom. The Hall–Kier alpha value is -1.30. The fraction of sp³-hybridized carbons (Fsp3) is 0.867. The van der Waals surface area contributed by atoms with E-state index in [0.29, 0.717) is 13.0 Å². The van der Waals surface area contributed by atoms with E-state index in [1.807, 2.05) is 0 Å². The summed E-state index contributed by atoms with van der Waals surface area (Å²) in [5, 5.41) is 13.7. The average molecular weight is 302 g/mol. The third-order valence-electron chi connectivity index (χ3n) is 3.26. The van der Waals surface area contributed by atoms with E-state index in [1.54, 1.807) is 0 Å². The van der Waals surface area contributed by atoms with Gasteiger partial charge in [-0.25, -0.2) is 9.59 Å². The Bertz CT molecular complexity index is 272. The Kier molecular flexibility index (Phi) is 14.2. The predicted molar refractivity (Wildman–Crippen MR) is 82.0 cm³/mol. The van der Waals surface area contributed by atoms with Crippen molar-refractivity contribution in [2.45, 2.75) is 71.1 Å². The normalized spacial score (nSPS) is 10.2. The zero-order valence-electron chi connectivity index (χ0n) is 13.2. The smallest absolute Gasteiger partial charge is 0.338 e. The second-order valence-corrected chi connectivity index (χ2v) is 5.22. The number of nitrogens with one attached hydrogen (secondary N) is 2. The van der Waals surface area contributed by atoms with Gasteiger partial charge in [0, 0.05) is 19.5 Å². The summed E-state index contributed by atoms with van der Waals surface area (Å²) in [4.78, 5) is 25.6. The minimum atomic E-state index is -0.611. The number of rotatable bonds is 13. The maximum atomic E-state index is 11.4. The van der Waals surface area contributed by atoms with Gasteiger partial charge in [0.25, 0.3) is 0 Å². The fourth-order valence-electron chi connectivity index (χ4n) is 1.99. The molecule has 0 aliphatic heterocycles. The van der Waals surface area contributed by atoms with Crippen LogP contribution in [0.15, 0.2) is 0 Å². The van der Waals surface area contributed by atoms with Gasteiger partial charge in [0.15, 0.2) is 0 Å². The molecule has 21 heavy (non-hydrogen) atoms. The first kappa shape index (κ1) is 19.7. The molecule has 0 unspecified atom stereocenters. The maximum absolute atomic E-state index is 11.4. The number of hydrogen-bond donors (Lipinski definition) is 3. The summed E-state index contributed by atoms with van der Waals surface area (Å²) in [6.45, 7) is 3.51. The van der Waals surface area contributed by atoms with E-state index in [2.05, 4.69) is 22.4 Å². The van der Waals surface area contributed by atoms with Crippen LogP contribution in [0.3, 0.4) is 0 Å². The molecule has 0 radical (unpaired) electrons. The van der Waals surface area contributed by atoms with E-state index >= 15 is 0 Å². The summed E-state index contributed by atoms with van der Waals surface area (Å²) in [7, 11) is 0. The molecular formula is C15H30N2O4. The Balaban J connectivity index is 3.22. The quantitative estimate of drug-likeness (QED) is 0.277. The fourth-order valence-corrected chi connectivity index (χ4v) is 1.99. The molecule has 2 amide bonds. The number of carbonyl (C=O) groups is 2. The van der Waals surface area contributed by atoms with Gasteiger partial charge in [-0.15, -0.1) is 0 Å². The number of amides is 2. The highest BCUT2D eigenvalue weighted by Crippen LogP contribution is 2.04. The largest absolute Gasteiger partial charge is 0.342 e. The molecule has 0 saturated carbocycles. The van der Waals surface area contributed by atoms with Crippen molar-refractivity contribution in [3.05, 3.63) is 0 Å². The van der Waals surface area contributed by atoms with Crippen molar-refractivity contribution in [3.8, 4) is 0 Å². The minimum absolute atomic E-state index is 0.127. The second-order valence-electron chi connectivity index (χ2n) is 5.22. The van der Waals surface area contributed by atoms with Gasteiger partial charge in [-0.3, -0.25) is 0 Å². The van der Waals surface area contributed by atoms with Crippen molar-refractivity contribution in [3.63, 3.8) is 0 Å². The van der Waals surface area contributed by atoms with Crippen LogP contribution in [-0.2, 0) is 9.68 Å². The molecular weight excluding hydrogens is 272 g/mol. The highest BCUT2D eigenvalue weighted by atomic mass is 17.1. The van der Waals surface area contributed by atoms with Crippen LogP contribution in [0.5, 0.6) is 0 Å². The topological polar surface area (TPSA) is 87.7 Å². The highest BCUT2D eigenvalue weighted by Gasteiger charge is 2.02. The van der Waals surface area contributed by atoms with Gasteiger partial charge < -0.3 is 15.5 Å². The van der Waals surface area contributed by atoms with Crippen molar-refractivity contribution in [1.82, 2.24) is 10.6 Å². The third-order valence-corrected chi connectivity index (χ3v) is 3.26. The first-order chi connectivity index (χ1) is 10.2. The zero-order valence-corrected chi connectivity index (χ0v) is 13.2. The molecule has 0 aromatic rings. The van der Waals surface area contributed by atoms with Crippen molar-refractivity contribution < 1.29 is 19.7 Å². The average Bonchev–Trinajstić information content (AvgIpc) is 2.49. The van der Waals surface area contributed by atoms with E-state index in [9.17, 15) is 9.59 Å². The summed E-state index contributed by atoms with van der Waals surface area (Å²) >= 11 is 0. The van der Waals surface area contributed by atoms with Gasteiger partial charge in [0.2, 0.25) is 0 Å². The van der Waals surface area contributed by atoms with Gasteiger partial charge in [0.05, 0.1) is 0 Å². The van der Waals surface area contributed by atoms with Crippen LogP contribution in [0.2, 0.25) is 0 Å². The van der Waals surface area contributed by atoms with Gasteiger partial charge in [-0.05, 0) is 19.3 Å². The molecule has 6 heteroatoms. The van der Waals surface area contributed by atoms with E-state index in [-0.39, 0.29) is 12.5 Å². The van der Waals surface area contributed by atoms with E-state index in [1.165, 1.54) is 32.1 Å². The maximum Gasteiger partial charge on any atom is 0.342 e. The SMILES string of the molecule is CCCCCCCCNC(=O)NCCCCCC(=O)OO. The molecule has 0 atom stereocenters. The van der Waals surface area contributed by atoms with Gasteiger partial charge in [-0.1, -0.05) is 45.4 Å². The standard InChI is InChI=1S/C15H30N2O4/c1-2-3-4-5-6-9-12-16-15(19)17-13-10-7-8-11-14(18)21-20/h20H,2-13H2,1H3,(H2,16,17,19). The van der Waals surface area contributed by atoms with Crippen LogP contribution in [0.1, 0.15) is 71.1 Å². The van der Waals surface area contributed by atoms with Crippen LogP contribution in [0.4, 0.5) is 4.79 Å². The van der Waals surface area contributed by atoms with Gasteiger partial charge in [0.1, 0.15) is 0 Å². The summed E-state index contributed by atoms with van der Waals surface area (Å²) in [5.74, 6) is -0.611. The van der Waals surface area contributed by atoms with Crippen molar-refractivity contribution in [2.75, 3.05) is 13.1 Å². The molecule has 0 rings (SSSR count). The summed E-state index contributed by atoms with van der Waals surface area (Å²) in [5.41, 5.74) is 0.